The average molecular weight is 225 g/mol. The maximum atomic E-state index is 11.8. The Labute approximate surface area is 96.2 Å². The Morgan fingerprint density at radius 1 is 1.62 bits per heavy atom. The quantitative estimate of drug-likeness (QED) is 0.664. The lowest BCUT2D eigenvalue weighted by atomic mass is 10.2. The number of hydrogen-bond acceptors (Lipinski definition) is 4. The van der Waals surface area contributed by atoms with Crippen molar-refractivity contribution in [3.63, 3.8) is 0 Å². The van der Waals surface area contributed by atoms with Crippen LogP contribution in [0.2, 0.25) is 0 Å². The second-order valence-corrected chi connectivity index (χ2v) is 3.77. The van der Waals surface area contributed by atoms with Crippen molar-refractivity contribution in [2.75, 3.05) is 26.8 Å². The van der Waals surface area contributed by atoms with Crippen molar-refractivity contribution in [3.8, 4) is 0 Å². The largest absolute Gasteiger partial charge is 0.461 e. The van der Waals surface area contributed by atoms with Gasteiger partial charge in [-0.25, -0.2) is 0 Å². The van der Waals surface area contributed by atoms with E-state index >= 15 is 0 Å². The van der Waals surface area contributed by atoms with E-state index in [0.717, 1.165) is 6.54 Å². The number of hydrogen-bond donors (Lipinski definition) is 0. The fourth-order valence-corrected chi connectivity index (χ4v) is 1.63. The molecule has 1 rings (SSSR count). The zero-order chi connectivity index (χ0) is 12.0. The molecule has 0 saturated carbocycles. The van der Waals surface area contributed by atoms with Crippen molar-refractivity contribution in [2.24, 2.45) is 0 Å². The fourth-order valence-electron chi connectivity index (χ4n) is 1.63. The van der Waals surface area contributed by atoms with Gasteiger partial charge in [-0.15, -0.1) is 0 Å². The molecule has 0 aliphatic heterocycles. The van der Waals surface area contributed by atoms with E-state index in [2.05, 4.69) is 4.90 Å². The molecule has 0 spiro atoms. The van der Waals surface area contributed by atoms with Gasteiger partial charge in [0.25, 0.3) is 0 Å². The Hall–Kier alpha value is -1.13. The maximum Gasteiger partial charge on any atom is 0.211 e. The third-order valence-corrected chi connectivity index (χ3v) is 2.58. The van der Waals surface area contributed by atoms with Gasteiger partial charge in [-0.05, 0) is 25.6 Å². The molecular formula is C12H19NO3. The molecule has 16 heavy (non-hydrogen) atoms. The van der Waals surface area contributed by atoms with Gasteiger partial charge >= 0.3 is 0 Å². The zero-order valence-electron chi connectivity index (χ0n) is 10.1. The molecule has 0 aromatic carbocycles. The van der Waals surface area contributed by atoms with E-state index in [1.807, 2.05) is 13.8 Å². The predicted octanol–water partition coefficient (Wildman–Crippen LogP) is 1.82. The van der Waals surface area contributed by atoms with Crippen LogP contribution in [0, 0.1) is 0 Å². The van der Waals surface area contributed by atoms with E-state index in [4.69, 9.17) is 9.15 Å². The zero-order valence-corrected chi connectivity index (χ0v) is 10.1. The van der Waals surface area contributed by atoms with Crippen LogP contribution >= 0.6 is 0 Å². The minimum absolute atomic E-state index is 0.00908. The van der Waals surface area contributed by atoms with E-state index in [1.165, 1.54) is 6.26 Å². The summed E-state index contributed by atoms with van der Waals surface area (Å²) in [6, 6.07) is 3.65. The number of carbonyl (C=O) groups is 1. The molecule has 1 atom stereocenters. The molecule has 0 fully saturated rings. The normalized spacial score (nSPS) is 13.0. The predicted molar refractivity (Wildman–Crippen MR) is 61.6 cm³/mol. The van der Waals surface area contributed by atoms with Crippen LogP contribution in [0.15, 0.2) is 22.8 Å². The highest BCUT2D eigenvalue weighted by Gasteiger charge is 2.17. The SMILES string of the molecule is CCN(CC(=O)c1ccco1)C(C)COC. The van der Waals surface area contributed by atoms with E-state index in [0.29, 0.717) is 18.9 Å². The Kier molecular flexibility index (Phi) is 5.22. The third kappa shape index (κ3) is 3.47. The van der Waals surface area contributed by atoms with Crippen molar-refractivity contribution in [2.45, 2.75) is 19.9 Å². The summed E-state index contributed by atoms with van der Waals surface area (Å²) in [6.45, 7) is 5.88. The Bertz CT molecular complexity index is 308. The molecule has 1 aromatic heterocycles. The van der Waals surface area contributed by atoms with Crippen molar-refractivity contribution < 1.29 is 13.9 Å². The summed E-state index contributed by atoms with van der Waals surface area (Å²) >= 11 is 0. The van der Waals surface area contributed by atoms with Gasteiger partial charge < -0.3 is 9.15 Å². The molecule has 1 unspecified atom stereocenters. The first-order chi connectivity index (χ1) is 7.69. The minimum Gasteiger partial charge on any atom is -0.461 e. The minimum atomic E-state index is 0.00908. The van der Waals surface area contributed by atoms with E-state index < -0.39 is 0 Å². The monoisotopic (exact) mass is 225 g/mol. The second kappa shape index (κ2) is 6.45. The van der Waals surface area contributed by atoms with Gasteiger partial charge in [0, 0.05) is 13.2 Å². The second-order valence-electron chi connectivity index (χ2n) is 3.77. The van der Waals surface area contributed by atoms with Crippen molar-refractivity contribution in [3.05, 3.63) is 24.2 Å². The average Bonchev–Trinajstić information content (AvgIpc) is 2.79. The van der Waals surface area contributed by atoms with Crippen molar-refractivity contribution in [1.82, 2.24) is 4.90 Å². The summed E-state index contributed by atoms with van der Waals surface area (Å²) in [5.74, 6) is 0.429. The molecule has 0 N–H and O–H groups in total. The van der Waals surface area contributed by atoms with Crippen LogP contribution in [-0.4, -0.2) is 43.5 Å². The number of furan rings is 1. The molecule has 0 aliphatic carbocycles. The van der Waals surface area contributed by atoms with Crippen LogP contribution < -0.4 is 0 Å². The van der Waals surface area contributed by atoms with Gasteiger partial charge in [0.05, 0.1) is 19.4 Å². The van der Waals surface area contributed by atoms with Crippen LogP contribution in [0.3, 0.4) is 0 Å². The molecule has 1 heterocycles. The van der Waals surface area contributed by atoms with Crippen molar-refractivity contribution in [1.29, 1.82) is 0 Å². The molecule has 0 saturated heterocycles. The summed E-state index contributed by atoms with van der Waals surface area (Å²) in [7, 11) is 1.67. The standard InChI is InChI=1S/C12H19NO3/c1-4-13(10(2)9-15-3)8-11(14)12-6-5-7-16-12/h5-7,10H,4,8-9H2,1-3H3. The lowest BCUT2D eigenvalue weighted by molar-refractivity contribution is 0.0766. The van der Waals surface area contributed by atoms with Crippen LogP contribution in [-0.2, 0) is 4.74 Å². The Morgan fingerprint density at radius 2 is 2.38 bits per heavy atom. The van der Waals surface area contributed by atoms with Crippen LogP contribution in [0.25, 0.3) is 0 Å². The summed E-state index contributed by atoms with van der Waals surface area (Å²) < 4.78 is 10.2. The van der Waals surface area contributed by atoms with Gasteiger partial charge in [0.2, 0.25) is 5.78 Å². The summed E-state index contributed by atoms with van der Waals surface area (Å²) in [5.41, 5.74) is 0. The number of methoxy groups -OCH3 is 1. The molecule has 0 radical (unpaired) electrons. The lowest BCUT2D eigenvalue weighted by Crippen LogP contribution is -2.39. The number of carbonyl (C=O) groups excluding carboxylic acids is 1. The number of nitrogens with zero attached hydrogens (tertiary/aromatic N) is 1. The van der Waals surface area contributed by atoms with Gasteiger partial charge in [-0.2, -0.15) is 0 Å². The first-order valence-electron chi connectivity index (χ1n) is 5.48. The molecular weight excluding hydrogens is 206 g/mol. The summed E-state index contributed by atoms with van der Waals surface area (Å²) in [5, 5.41) is 0. The fraction of sp³-hybridized carbons (Fsp3) is 0.583. The highest BCUT2D eigenvalue weighted by atomic mass is 16.5. The lowest BCUT2D eigenvalue weighted by Gasteiger charge is -2.25. The molecule has 4 nitrogen and oxygen atoms in total. The topological polar surface area (TPSA) is 42.7 Å². The molecule has 0 amide bonds. The van der Waals surface area contributed by atoms with E-state index in [-0.39, 0.29) is 11.8 Å². The Morgan fingerprint density at radius 3 is 2.88 bits per heavy atom. The molecule has 4 heteroatoms. The summed E-state index contributed by atoms with van der Waals surface area (Å²) in [4.78, 5) is 13.9. The highest BCUT2D eigenvalue weighted by molar-refractivity contribution is 5.95. The van der Waals surface area contributed by atoms with Gasteiger partial charge in [0.15, 0.2) is 5.76 Å². The van der Waals surface area contributed by atoms with Crippen LogP contribution in [0.5, 0.6) is 0 Å². The van der Waals surface area contributed by atoms with Gasteiger partial charge in [-0.1, -0.05) is 6.92 Å². The molecule has 90 valence electrons. The number of ether oxygens (including phenoxy) is 1. The first-order valence-corrected chi connectivity index (χ1v) is 5.48. The smallest absolute Gasteiger partial charge is 0.211 e. The molecule has 1 aromatic rings. The maximum absolute atomic E-state index is 11.8. The summed E-state index contributed by atoms with van der Waals surface area (Å²) in [6.07, 6.45) is 1.52. The van der Waals surface area contributed by atoms with Crippen LogP contribution in [0.4, 0.5) is 0 Å². The third-order valence-electron chi connectivity index (χ3n) is 2.58. The Balaban J connectivity index is 2.53. The van der Waals surface area contributed by atoms with E-state index in [9.17, 15) is 4.79 Å². The van der Waals surface area contributed by atoms with Crippen molar-refractivity contribution >= 4 is 5.78 Å². The number of Topliss-reactive ketones (excluding diaryl/α,β-unsaturated/α-hetero) is 1. The molecule has 0 bridgehead atoms. The first kappa shape index (κ1) is 12.9. The number of likely N-dealkylation sites (N-methyl/N-ethyl adjacent to an activating group) is 1. The van der Waals surface area contributed by atoms with Gasteiger partial charge in [-0.3, -0.25) is 9.69 Å². The highest BCUT2D eigenvalue weighted by Crippen LogP contribution is 2.05. The van der Waals surface area contributed by atoms with E-state index in [1.54, 1.807) is 19.2 Å². The number of ketones is 1. The number of rotatable bonds is 7. The van der Waals surface area contributed by atoms with Gasteiger partial charge in [0.1, 0.15) is 0 Å². The van der Waals surface area contributed by atoms with Crippen LogP contribution in [0.1, 0.15) is 24.4 Å². The molecule has 0 aliphatic rings.